The molecule has 0 spiro atoms. The van der Waals surface area contributed by atoms with E-state index in [2.05, 4.69) is 9.80 Å². The molecule has 3 rings (SSSR count). The fourth-order valence-electron chi connectivity index (χ4n) is 3.60. The van der Waals surface area contributed by atoms with Crippen LogP contribution in [0.2, 0.25) is 0 Å². The first-order chi connectivity index (χ1) is 10.7. The minimum Gasteiger partial charge on any atom is -0.342 e. The lowest BCUT2D eigenvalue weighted by Crippen LogP contribution is -2.44. The van der Waals surface area contributed by atoms with Crippen LogP contribution in [0.15, 0.2) is 24.3 Å². The molecule has 1 aromatic rings. The van der Waals surface area contributed by atoms with Crippen LogP contribution in [0.3, 0.4) is 0 Å². The highest BCUT2D eigenvalue weighted by Crippen LogP contribution is 2.23. The van der Waals surface area contributed by atoms with Gasteiger partial charge in [0.15, 0.2) is 0 Å². The maximum absolute atomic E-state index is 13.2. The van der Waals surface area contributed by atoms with E-state index in [0.29, 0.717) is 5.91 Å². The van der Waals surface area contributed by atoms with Crippen molar-refractivity contribution in [3.05, 3.63) is 35.6 Å². The zero-order valence-corrected chi connectivity index (χ0v) is 13.1. The number of nitrogens with zero attached hydrogens (tertiary/aromatic N) is 2. The first-order valence-electron chi connectivity index (χ1n) is 8.48. The van der Waals surface area contributed by atoms with Crippen molar-refractivity contribution in [3.63, 3.8) is 0 Å². The second-order valence-corrected chi connectivity index (χ2v) is 6.57. The highest BCUT2D eigenvalue weighted by atomic mass is 19.1. The molecule has 22 heavy (non-hydrogen) atoms. The molecule has 0 aliphatic carbocycles. The number of carbonyl (C=O) groups excluding carboxylic acids is 1. The maximum Gasteiger partial charge on any atom is 0.225 e. The molecule has 0 bridgehead atoms. The molecule has 2 fully saturated rings. The van der Waals surface area contributed by atoms with Crippen molar-refractivity contribution in [3.8, 4) is 0 Å². The quantitative estimate of drug-likeness (QED) is 0.857. The largest absolute Gasteiger partial charge is 0.342 e. The fraction of sp³-hybridized carbons (Fsp3) is 0.611. The molecule has 2 aliphatic rings. The Morgan fingerprint density at radius 3 is 2.50 bits per heavy atom. The number of amides is 1. The monoisotopic (exact) mass is 304 g/mol. The van der Waals surface area contributed by atoms with Crippen LogP contribution < -0.4 is 0 Å². The summed E-state index contributed by atoms with van der Waals surface area (Å²) in [5.41, 5.74) is 1.01. The molecule has 1 aromatic carbocycles. The van der Waals surface area contributed by atoms with E-state index < -0.39 is 0 Å². The molecule has 0 aromatic heterocycles. The fourth-order valence-corrected chi connectivity index (χ4v) is 3.60. The zero-order chi connectivity index (χ0) is 15.4. The molecule has 2 saturated heterocycles. The van der Waals surface area contributed by atoms with Crippen LogP contribution in [-0.2, 0) is 11.3 Å². The summed E-state index contributed by atoms with van der Waals surface area (Å²) in [6, 6.07) is 6.81. The Kier molecular flexibility index (Phi) is 5.08. The van der Waals surface area contributed by atoms with Crippen LogP contribution in [0.4, 0.5) is 4.39 Å². The van der Waals surface area contributed by atoms with Gasteiger partial charge in [-0.05, 0) is 62.9 Å². The molecule has 2 heterocycles. The van der Waals surface area contributed by atoms with Gasteiger partial charge >= 0.3 is 0 Å². The van der Waals surface area contributed by atoms with Gasteiger partial charge in [-0.3, -0.25) is 9.69 Å². The van der Waals surface area contributed by atoms with Gasteiger partial charge < -0.3 is 4.90 Å². The molecule has 0 saturated carbocycles. The molecule has 3 nitrogen and oxygen atoms in total. The van der Waals surface area contributed by atoms with Crippen LogP contribution >= 0.6 is 0 Å². The van der Waals surface area contributed by atoms with E-state index in [4.69, 9.17) is 0 Å². The summed E-state index contributed by atoms with van der Waals surface area (Å²) in [5, 5.41) is 0. The van der Waals surface area contributed by atoms with Crippen LogP contribution in [0, 0.1) is 11.7 Å². The number of benzene rings is 1. The number of rotatable bonds is 3. The Labute approximate surface area is 132 Å². The van der Waals surface area contributed by atoms with E-state index in [-0.39, 0.29) is 11.7 Å². The van der Waals surface area contributed by atoms with Crippen LogP contribution in [0.25, 0.3) is 0 Å². The van der Waals surface area contributed by atoms with E-state index >= 15 is 0 Å². The van der Waals surface area contributed by atoms with Crippen molar-refractivity contribution in [1.29, 1.82) is 0 Å². The Balaban J connectivity index is 1.48. The van der Waals surface area contributed by atoms with Gasteiger partial charge in [-0.15, -0.1) is 0 Å². The maximum atomic E-state index is 13.2. The molecule has 2 aliphatic heterocycles. The first-order valence-corrected chi connectivity index (χ1v) is 8.48. The molecule has 0 radical (unpaired) electrons. The highest BCUT2D eigenvalue weighted by molar-refractivity contribution is 5.79. The molecule has 0 atom stereocenters. The summed E-state index contributed by atoms with van der Waals surface area (Å²) in [6.45, 7) is 4.54. The van der Waals surface area contributed by atoms with E-state index in [1.165, 1.54) is 12.5 Å². The molecule has 0 unspecified atom stereocenters. The number of hydrogen-bond donors (Lipinski definition) is 0. The second kappa shape index (κ2) is 7.23. The summed E-state index contributed by atoms with van der Waals surface area (Å²) in [4.78, 5) is 16.9. The van der Waals surface area contributed by atoms with Gasteiger partial charge in [-0.25, -0.2) is 4.39 Å². The summed E-state index contributed by atoms with van der Waals surface area (Å²) < 4.78 is 13.2. The van der Waals surface area contributed by atoms with Crippen molar-refractivity contribution < 1.29 is 9.18 Å². The summed E-state index contributed by atoms with van der Waals surface area (Å²) in [7, 11) is 0. The van der Waals surface area contributed by atoms with E-state index in [1.807, 2.05) is 6.07 Å². The number of halogens is 1. The Hall–Kier alpha value is -1.42. The van der Waals surface area contributed by atoms with Crippen molar-refractivity contribution in [2.24, 2.45) is 5.92 Å². The van der Waals surface area contributed by atoms with Gasteiger partial charge in [-0.1, -0.05) is 12.1 Å². The molecule has 120 valence electrons. The zero-order valence-electron chi connectivity index (χ0n) is 13.1. The van der Waals surface area contributed by atoms with Crippen LogP contribution in [0.5, 0.6) is 0 Å². The van der Waals surface area contributed by atoms with Crippen molar-refractivity contribution in [2.75, 3.05) is 26.2 Å². The summed E-state index contributed by atoms with van der Waals surface area (Å²) in [5.74, 6) is 0.389. The molecule has 1 amide bonds. The number of hydrogen-bond acceptors (Lipinski definition) is 2. The lowest BCUT2D eigenvalue weighted by Gasteiger charge is -2.35. The van der Waals surface area contributed by atoms with E-state index in [0.717, 1.165) is 64.0 Å². The predicted molar refractivity (Wildman–Crippen MR) is 84.8 cm³/mol. The molecule has 0 N–H and O–H groups in total. The average molecular weight is 304 g/mol. The van der Waals surface area contributed by atoms with Crippen molar-refractivity contribution >= 4 is 5.91 Å². The van der Waals surface area contributed by atoms with Crippen molar-refractivity contribution in [1.82, 2.24) is 9.80 Å². The predicted octanol–water partition coefficient (Wildman–Crippen LogP) is 3.05. The third-order valence-corrected chi connectivity index (χ3v) is 4.90. The smallest absolute Gasteiger partial charge is 0.225 e. The van der Waals surface area contributed by atoms with Gasteiger partial charge in [0.1, 0.15) is 5.82 Å². The third-order valence-electron chi connectivity index (χ3n) is 4.90. The number of likely N-dealkylation sites (tertiary alicyclic amines) is 2. The lowest BCUT2D eigenvalue weighted by atomic mass is 9.94. The van der Waals surface area contributed by atoms with E-state index in [1.54, 1.807) is 12.1 Å². The third kappa shape index (κ3) is 3.86. The molecular formula is C18H25FN2O. The van der Waals surface area contributed by atoms with Crippen LogP contribution in [-0.4, -0.2) is 41.9 Å². The van der Waals surface area contributed by atoms with E-state index in [9.17, 15) is 9.18 Å². The molecule has 4 heteroatoms. The van der Waals surface area contributed by atoms with Gasteiger partial charge in [0.2, 0.25) is 5.91 Å². The SMILES string of the molecule is O=C(C1CCN(Cc2cccc(F)c2)CC1)N1CCCCC1. The summed E-state index contributed by atoms with van der Waals surface area (Å²) in [6.07, 6.45) is 5.44. The normalized spacial score (nSPS) is 21.0. The topological polar surface area (TPSA) is 23.6 Å². The highest BCUT2D eigenvalue weighted by Gasteiger charge is 2.29. The summed E-state index contributed by atoms with van der Waals surface area (Å²) >= 11 is 0. The lowest BCUT2D eigenvalue weighted by molar-refractivity contribution is -0.138. The first kappa shape index (κ1) is 15.5. The Morgan fingerprint density at radius 2 is 1.82 bits per heavy atom. The van der Waals surface area contributed by atoms with Gasteiger partial charge in [0, 0.05) is 25.6 Å². The van der Waals surface area contributed by atoms with Crippen molar-refractivity contribution in [2.45, 2.75) is 38.6 Å². The second-order valence-electron chi connectivity index (χ2n) is 6.57. The number of carbonyl (C=O) groups is 1. The minimum atomic E-state index is -0.173. The Morgan fingerprint density at radius 1 is 1.09 bits per heavy atom. The van der Waals surface area contributed by atoms with Gasteiger partial charge in [0.25, 0.3) is 0 Å². The average Bonchev–Trinajstić information content (AvgIpc) is 2.56. The van der Waals surface area contributed by atoms with Crippen LogP contribution in [0.1, 0.15) is 37.7 Å². The number of piperidine rings is 2. The minimum absolute atomic E-state index is 0.173. The van der Waals surface area contributed by atoms with Gasteiger partial charge in [0.05, 0.1) is 0 Å². The molecular weight excluding hydrogens is 279 g/mol. The standard InChI is InChI=1S/C18H25FN2O/c19-17-6-4-5-15(13-17)14-20-11-7-16(8-12-20)18(22)21-9-2-1-3-10-21/h4-6,13,16H,1-3,7-12,14H2. The Bertz CT molecular complexity index is 506. The van der Waals surface area contributed by atoms with Gasteiger partial charge in [-0.2, -0.15) is 0 Å².